The predicted octanol–water partition coefficient (Wildman–Crippen LogP) is 0.939. The van der Waals surface area contributed by atoms with Crippen molar-refractivity contribution in [3.63, 3.8) is 0 Å². The number of aliphatic hydroxyl groups excluding tert-OH is 1. The first-order valence-electron chi connectivity index (χ1n) is 12.5. The van der Waals surface area contributed by atoms with E-state index < -0.39 is 41.2 Å². The molecular weight excluding hydrogens is 745 g/mol. The van der Waals surface area contributed by atoms with Gasteiger partial charge in [0, 0.05) is 82.9 Å². The van der Waals surface area contributed by atoms with Gasteiger partial charge in [0.15, 0.2) is 17.7 Å². The zero-order chi connectivity index (χ0) is 28.4. The van der Waals surface area contributed by atoms with Gasteiger partial charge in [-0.3, -0.25) is 14.4 Å². The van der Waals surface area contributed by atoms with Gasteiger partial charge in [0.25, 0.3) is 0 Å². The largest absolute Gasteiger partial charge is 0.382 e. The van der Waals surface area contributed by atoms with Gasteiger partial charge in [-0.05, 0) is 30.1 Å². The van der Waals surface area contributed by atoms with Crippen LogP contribution in [0, 0.1) is 71.7 Å². The van der Waals surface area contributed by atoms with Gasteiger partial charge in [-0.25, -0.2) is 13.2 Å². The summed E-state index contributed by atoms with van der Waals surface area (Å²) < 4.78 is 39.7. The van der Waals surface area contributed by atoms with Crippen LogP contribution >= 0.6 is 0 Å². The number of hydrogen-bond acceptors (Lipinski definition) is 7. The Morgan fingerprint density at radius 2 is 1.77 bits per heavy atom. The number of likely N-dealkylation sites (N-methyl/N-ethyl adjacent to an activating group) is 2. The van der Waals surface area contributed by atoms with Crippen LogP contribution in [0.2, 0.25) is 0 Å². The van der Waals surface area contributed by atoms with E-state index in [2.05, 4.69) is 29.8 Å². The minimum atomic E-state index is -1.36. The SMILES string of the molecule is CC1(C)C2CN(C(=O)CNc3c(F)cc(F)cc3F)CC21.CNC(=O)C(O)C(CC1CCNC1=O)N(C)O.[U]. The Morgan fingerprint density at radius 1 is 1.21 bits per heavy atom. The van der Waals surface area contributed by atoms with Crippen LogP contribution in [0.3, 0.4) is 0 Å². The van der Waals surface area contributed by atoms with Crippen LogP contribution in [-0.4, -0.2) is 90.4 Å². The summed E-state index contributed by atoms with van der Waals surface area (Å²) >= 11 is 0. The van der Waals surface area contributed by atoms with E-state index >= 15 is 0 Å². The molecule has 3 amide bonds. The molecule has 2 saturated heterocycles. The van der Waals surface area contributed by atoms with Gasteiger partial charge in [-0.2, -0.15) is 5.06 Å². The zero-order valence-electron chi connectivity index (χ0n) is 22.4. The van der Waals surface area contributed by atoms with Crippen LogP contribution in [0.1, 0.15) is 26.7 Å². The van der Waals surface area contributed by atoms with Crippen molar-refractivity contribution in [2.24, 2.45) is 23.2 Å². The summed E-state index contributed by atoms with van der Waals surface area (Å²) in [5.74, 6) is -3.13. The van der Waals surface area contributed by atoms with E-state index in [4.69, 9.17) is 0 Å². The van der Waals surface area contributed by atoms with E-state index in [9.17, 15) is 37.9 Å². The monoisotopic (exact) mass is 781 g/mol. The van der Waals surface area contributed by atoms with Crippen LogP contribution in [0.5, 0.6) is 0 Å². The number of amides is 3. The number of benzene rings is 1. The van der Waals surface area contributed by atoms with Gasteiger partial charge >= 0.3 is 0 Å². The molecule has 1 aliphatic carbocycles. The summed E-state index contributed by atoms with van der Waals surface area (Å²) in [6.45, 7) is 6.18. The van der Waals surface area contributed by atoms with E-state index in [0.717, 1.165) is 5.06 Å². The van der Waals surface area contributed by atoms with Crippen molar-refractivity contribution >= 4 is 23.4 Å². The number of hydroxylamine groups is 2. The Balaban J connectivity index is 0.000000273. The minimum Gasteiger partial charge on any atom is -0.382 e. The molecule has 39 heavy (non-hydrogen) atoms. The second-order valence-corrected chi connectivity index (χ2v) is 10.6. The topological polar surface area (TPSA) is 134 Å². The van der Waals surface area contributed by atoms with Crippen molar-refractivity contribution in [2.75, 3.05) is 45.6 Å². The molecule has 216 valence electrons. The number of rotatable bonds is 8. The van der Waals surface area contributed by atoms with E-state index in [1.807, 2.05) is 0 Å². The molecule has 0 spiro atoms. The van der Waals surface area contributed by atoms with Crippen molar-refractivity contribution in [3.05, 3.63) is 29.6 Å². The van der Waals surface area contributed by atoms with Crippen molar-refractivity contribution in [1.82, 2.24) is 20.6 Å². The predicted molar refractivity (Wildman–Crippen MR) is 131 cm³/mol. The average molecular weight is 782 g/mol. The number of aliphatic hydroxyl groups is 1. The van der Waals surface area contributed by atoms with Crippen molar-refractivity contribution in [1.29, 1.82) is 0 Å². The van der Waals surface area contributed by atoms with E-state index in [0.29, 0.717) is 55.4 Å². The summed E-state index contributed by atoms with van der Waals surface area (Å²) in [6, 6.07) is 0.385. The molecule has 0 radical (unpaired) electrons. The molecule has 0 aromatic heterocycles. The summed E-state index contributed by atoms with van der Waals surface area (Å²) in [5.41, 5.74) is -0.159. The van der Waals surface area contributed by atoms with Crippen LogP contribution in [0.15, 0.2) is 12.1 Å². The average Bonchev–Trinajstić information content (AvgIpc) is 3.25. The number of hydrogen-bond donors (Lipinski definition) is 5. The Labute approximate surface area is 249 Å². The van der Waals surface area contributed by atoms with Crippen molar-refractivity contribution in [2.45, 2.75) is 38.8 Å². The number of carbonyl (C=O) groups excluding carboxylic acids is 3. The second-order valence-electron chi connectivity index (χ2n) is 10.6. The first-order valence-corrected chi connectivity index (χ1v) is 12.5. The van der Waals surface area contributed by atoms with E-state index in [-0.39, 0.29) is 61.8 Å². The fourth-order valence-electron chi connectivity index (χ4n) is 5.29. The summed E-state index contributed by atoms with van der Waals surface area (Å²) in [7, 11) is 2.76. The standard InChI is InChI=1S/C15H17F3N2O.C10H19N3O4.U/c1-15(2)9-6-20(7-10(9)15)13(21)5-19-14-11(17)3-8(16)4-12(14)18;1-11-10(16)8(14)7(13(2)17)5-6-3-4-12-9(6)15;/h3-4,9-10,19H,5-7H2,1-2H3;6-8,14,17H,3-5H2,1-2H3,(H,11,16)(H,12,15);. The number of halogens is 3. The third-order valence-electron chi connectivity index (χ3n) is 7.95. The smallest absolute Gasteiger partial charge is 0.250 e. The van der Waals surface area contributed by atoms with Gasteiger partial charge < -0.3 is 31.2 Å². The summed E-state index contributed by atoms with van der Waals surface area (Å²) in [4.78, 5) is 36.5. The van der Waals surface area contributed by atoms with Gasteiger partial charge in [0.2, 0.25) is 17.7 Å². The maximum Gasteiger partial charge on any atom is 0.250 e. The van der Waals surface area contributed by atoms with E-state index in [1.54, 1.807) is 4.90 Å². The Kier molecular flexibility index (Phi) is 11.7. The fraction of sp³-hybridized carbons (Fsp3) is 0.640. The maximum absolute atomic E-state index is 13.4. The van der Waals surface area contributed by atoms with E-state index in [1.165, 1.54) is 14.1 Å². The second kappa shape index (κ2) is 13.7. The number of likely N-dealkylation sites (tertiary alicyclic amines) is 1. The molecule has 1 aromatic rings. The van der Waals surface area contributed by atoms with Crippen LogP contribution in [-0.2, 0) is 14.4 Å². The first kappa shape index (κ1) is 33.4. The van der Waals surface area contributed by atoms with Gasteiger partial charge in [-0.15, -0.1) is 0 Å². The molecule has 5 unspecified atom stereocenters. The molecule has 3 aliphatic rings. The zero-order valence-corrected chi connectivity index (χ0v) is 26.6. The molecule has 1 saturated carbocycles. The molecule has 5 atom stereocenters. The van der Waals surface area contributed by atoms with Gasteiger partial charge in [0.05, 0.1) is 12.6 Å². The van der Waals surface area contributed by atoms with Crippen LogP contribution in [0.25, 0.3) is 0 Å². The number of anilines is 1. The molecular formula is C25H36F3N5O5U. The molecule has 5 N–H and O–H groups in total. The molecule has 14 heteroatoms. The maximum atomic E-state index is 13.4. The van der Waals surface area contributed by atoms with Gasteiger partial charge in [0.1, 0.15) is 11.5 Å². The molecule has 0 bridgehead atoms. The third kappa shape index (κ3) is 7.88. The quantitative estimate of drug-likeness (QED) is 0.248. The Bertz CT molecular complexity index is 1030. The number of nitrogens with zero attached hydrogens (tertiary/aromatic N) is 2. The van der Waals surface area contributed by atoms with Crippen LogP contribution < -0.4 is 16.0 Å². The fourth-order valence-corrected chi connectivity index (χ4v) is 5.29. The molecule has 1 aromatic carbocycles. The number of piperidine rings is 1. The first-order chi connectivity index (χ1) is 17.8. The molecule has 2 aliphatic heterocycles. The summed E-state index contributed by atoms with van der Waals surface area (Å²) in [5, 5.41) is 27.4. The van der Waals surface area contributed by atoms with Gasteiger partial charge in [-0.1, -0.05) is 13.8 Å². The molecule has 2 heterocycles. The summed E-state index contributed by atoms with van der Waals surface area (Å²) in [6.07, 6.45) is -0.458. The Morgan fingerprint density at radius 3 is 2.23 bits per heavy atom. The number of carbonyl (C=O) groups is 3. The van der Waals surface area contributed by atoms with Crippen LogP contribution in [0.4, 0.5) is 18.9 Å². The number of fused-ring (bicyclic) bond motifs is 1. The molecule has 4 rings (SSSR count). The van der Waals surface area contributed by atoms with Crippen molar-refractivity contribution < 1.29 is 69.0 Å². The molecule has 10 nitrogen and oxygen atoms in total. The third-order valence-corrected chi connectivity index (χ3v) is 7.95. The Hall–Kier alpha value is -1.85. The number of nitrogens with one attached hydrogen (secondary N) is 3. The molecule has 3 fully saturated rings. The minimum absolute atomic E-state index is 0. The van der Waals surface area contributed by atoms with Crippen molar-refractivity contribution in [3.8, 4) is 0 Å². The normalized spacial score (nSPS) is 24.0.